The van der Waals surface area contributed by atoms with E-state index < -0.39 is 7.12 Å². The van der Waals surface area contributed by atoms with E-state index in [0.717, 1.165) is 16.7 Å². The molecule has 2 atom stereocenters. The standard InChI is InChI=1S/C16H18BNO2/c1-10-8-14(17(19)20)5-7-15(10)16-6-4-13(9-18)11(2)12(16)3/h4-8,11,13,19-20H,1-3H3/t11-,13?/m1/s1. The maximum atomic E-state index is 9.20. The van der Waals surface area contributed by atoms with Gasteiger partial charge in [0.15, 0.2) is 0 Å². The van der Waals surface area contributed by atoms with Crippen LogP contribution in [0.5, 0.6) is 0 Å². The fourth-order valence-electron chi connectivity index (χ4n) is 2.62. The van der Waals surface area contributed by atoms with Gasteiger partial charge in [0.25, 0.3) is 0 Å². The first-order chi connectivity index (χ1) is 9.45. The average Bonchev–Trinajstić information content (AvgIpc) is 2.42. The molecule has 0 heterocycles. The van der Waals surface area contributed by atoms with E-state index in [1.807, 2.05) is 25.1 Å². The van der Waals surface area contributed by atoms with E-state index in [0.29, 0.717) is 5.46 Å². The molecule has 0 amide bonds. The second-order valence-corrected chi connectivity index (χ2v) is 5.35. The van der Waals surface area contributed by atoms with Crippen LogP contribution in [0.1, 0.15) is 25.0 Å². The van der Waals surface area contributed by atoms with Crippen molar-refractivity contribution in [2.45, 2.75) is 20.8 Å². The summed E-state index contributed by atoms with van der Waals surface area (Å²) in [7, 11) is -1.44. The molecule has 0 spiro atoms. The quantitative estimate of drug-likeness (QED) is 0.803. The molecule has 0 fully saturated rings. The maximum absolute atomic E-state index is 9.20. The molecule has 102 valence electrons. The summed E-state index contributed by atoms with van der Waals surface area (Å²) in [6.45, 7) is 6.08. The Morgan fingerprint density at radius 1 is 1.25 bits per heavy atom. The van der Waals surface area contributed by atoms with Gasteiger partial charge in [-0.15, -0.1) is 0 Å². The first kappa shape index (κ1) is 14.6. The molecule has 2 rings (SSSR count). The molecule has 2 N–H and O–H groups in total. The van der Waals surface area contributed by atoms with Crippen molar-refractivity contribution in [1.82, 2.24) is 0 Å². The summed E-state index contributed by atoms with van der Waals surface area (Å²) in [5.74, 6) is 0.125. The first-order valence-electron chi connectivity index (χ1n) is 6.71. The van der Waals surface area contributed by atoms with Crippen LogP contribution in [0, 0.1) is 30.1 Å². The van der Waals surface area contributed by atoms with Gasteiger partial charge in [0, 0.05) is 0 Å². The molecule has 4 heteroatoms. The Bertz CT molecular complexity index is 626. The van der Waals surface area contributed by atoms with Crippen LogP contribution in [-0.4, -0.2) is 17.2 Å². The number of aryl methyl sites for hydroxylation is 1. The second kappa shape index (κ2) is 5.66. The van der Waals surface area contributed by atoms with Crippen molar-refractivity contribution in [3.05, 3.63) is 47.1 Å². The average molecular weight is 267 g/mol. The second-order valence-electron chi connectivity index (χ2n) is 5.35. The Morgan fingerprint density at radius 2 is 1.95 bits per heavy atom. The molecule has 1 aliphatic carbocycles. The topological polar surface area (TPSA) is 64.2 Å². The normalized spacial score (nSPS) is 21.8. The zero-order chi connectivity index (χ0) is 14.9. The third kappa shape index (κ3) is 2.56. The number of allylic oxidation sites excluding steroid dienone is 4. The largest absolute Gasteiger partial charge is 0.488 e. The highest BCUT2D eigenvalue weighted by atomic mass is 16.4. The minimum absolute atomic E-state index is 0.0717. The number of hydrogen-bond acceptors (Lipinski definition) is 3. The fraction of sp³-hybridized carbons (Fsp3) is 0.312. The molecule has 3 nitrogen and oxygen atoms in total. The van der Waals surface area contributed by atoms with Gasteiger partial charge in [-0.3, -0.25) is 0 Å². The molecular formula is C16H18BNO2. The van der Waals surface area contributed by atoms with Crippen molar-refractivity contribution in [3.8, 4) is 6.07 Å². The number of rotatable bonds is 2. The van der Waals surface area contributed by atoms with Gasteiger partial charge in [-0.05, 0) is 41.9 Å². The number of benzene rings is 1. The van der Waals surface area contributed by atoms with Crippen LogP contribution in [0.2, 0.25) is 0 Å². The van der Waals surface area contributed by atoms with Crippen LogP contribution >= 0.6 is 0 Å². The predicted octanol–water partition coefficient (Wildman–Crippen LogP) is 1.79. The lowest BCUT2D eigenvalue weighted by molar-refractivity contribution is 0.425. The zero-order valence-electron chi connectivity index (χ0n) is 12.0. The third-order valence-corrected chi connectivity index (χ3v) is 4.10. The molecule has 0 radical (unpaired) electrons. The fourth-order valence-corrected chi connectivity index (χ4v) is 2.62. The lowest BCUT2D eigenvalue weighted by atomic mass is 9.76. The molecule has 0 bridgehead atoms. The number of hydrogen-bond donors (Lipinski definition) is 2. The highest BCUT2D eigenvalue weighted by molar-refractivity contribution is 6.58. The van der Waals surface area contributed by atoms with Gasteiger partial charge >= 0.3 is 7.12 Å². The minimum atomic E-state index is -1.44. The Labute approximate surface area is 120 Å². The van der Waals surface area contributed by atoms with E-state index in [9.17, 15) is 10.0 Å². The molecule has 1 aromatic rings. The van der Waals surface area contributed by atoms with E-state index in [1.165, 1.54) is 5.57 Å². The summed E-state index contributed by atoms with van der Waals surface area (Å²) >= 11 is 0. The molecule has 0 aromatic heterocycles. The number of nitrogens with zero attached hydrogens (tertiary/aromatic N) is 1. The first-order valence-corrected chi connectivity index (χ1v) is 6.71. The van der Waals surface area contributed by atoms with E-state index in [2.05, 4.69) is 19.9 Å². The number of nitriles is 1. The van der Waals surface area contributed by atoms with Gasteiger partial charge in [0.05, 0.1) is 12.0 Å². The van der Waals surface area contributed by atoms with Crippen LogP contribution in [0.25, 0.3) is 5.57 Å². The Morgan fingerprint density at radius 3 is 2.50 bits per heavy atom. The maximum Gasteiger partial charge on any atom is 0.488 e. The van der Waals surface area contributed by atoms with Gasteiger partial charge in [0.2, 0.25) is 0 Å². The van der Waals surface area contributed by atoms with E-state index in [1.54, 1.807) is 12.1 Å². The van der Waals surface area contributed by atoms with Crippen LogP contribution in [0.15, 0.2) is 35.9 Å². The molecule has 1 unspecified atom stereocenters. The van der Waals surface area contributed by atoms with Gasteiger partial charge < -0.3 is 10.0 Å². The summed E-state index contributed by atoms with van der Waals surface area (Å²) < 4.78 is 0. The van der Waals surface area contributed by atoms with Crippen molar-refractivity contribution < 1.29 is 10.0 Å². The summed E-state index contributed by atoms with van der Waals surface area (Å²) in [4.78, 5) is 0. The van der Waals surface area contributed by atoms with Crippen molar-refractivity contribution in [2.75, 3.05) is 0 Å². The summed E-state index contributed by atoms with van der Waals surface area (Å²) in [5, 5.41) is 27.5. The lowest BCUT2D eigenvalue weighted by Gasteiger charge is -2.24. The summed E-state index contributed by atoms with van der Waals surface area (Å²) in [5.41, 5.74) is 4.88. The molecule has 1 aromatic carbocycles. The molecule has 0 saturated carbocycles. The molecular weight excluding hydrogens is 249 g/mol. The Kier molecular flexibility index (Phi) is 4.13. The zero-order valence-corrected chi connectivity index (χ0v) is 12.0. The Hall–Kier alpha value is -1.83. The Balaban J connectivity index is 2.45. The highest BCUT2D eigenvalue weighted by Crippen LogP contribution is 2.35. The van der Waals surface area contributed by atoms with Crippen molar-refractivity contribution in [1.29, 1.82) is 5.26 Å². The van der Waals surface area contributed by atoms with Gasteiger partial charge in [-0.2, -0.15) is 5.26 Å². The van der Waals surface area contributed by atoms with Crippen molar-refractivity contribution >= 4 is 18.2 Å². The molecule has 1 aliphatic rings. The van der Waals surface area contributed by atoms with Crippen LogP contribution in [0.3, 0.4) is 0 Å². The van der Waals surface area contributed by atoms with E-state index in [-0.39, 0.29) is 11.8 Å². The van der Waals surface area contributed by atoms with Crippen LogP contribution in [-0.2, 0) is 0 Å². The molecule has 0 aliphatic heterocycles. The lowest BCUT2D eigenvalue weighted by Crippen LogP contribution is -2.30. The third-order valence-electron chi connectivity index (χ3n) is 4.10. The smallest absolute Gasteiger partial charge is 0.423 e. The highest BCUT2D eigenvalue weighted by Gasteiger charge is 2.23. The summed E-state index contributed by atoms with van der Waals surface area (Å²) in [6, 6.07) is 7.73. The SMILES string of the molecule is CC1=C(c2ccc(B(O)O)cc2C)C=CC(C#N)[C@@H]1C. The van der Waals surface area contributed by atoms with Gasteiger partial charge in [-0.25, -0.2) is 0 Å². The molecule has 0 saturated heterocycles. The minimum Gasteiger partial charge on any atom is -0.423 e. The van der Waals surface area contributed by atoms with Crippen molar-refractivity contribution in [2.24, 2.45) is 11.8 Å². The monoisotopic (exact) mass is 267 g/mol. The van der Waals surface area contributed by atoms with Crippen molar-refractivity contribution in [3.63, 3.8) is 0 Å². The molecule has 20 heavy (non-hydrogen) atoms. The van der Waals surface area contributed by atoms with E-state index >= 15 is 0 Å². The van der Waals surface area contributed by atoms with Gasteiger partial charge in [-0.1, -0.05) is 42.8 Å². The van der Waals surface area contributed by atoms with E-state index in [4.69, 9.17) is 5.26 Å². The predicted molar refractivity (Wildman–Crippen MR) is 81.0 cm³/mol. The van der Waals surface area contributed by atoms with Crippen LogP contribution < -0.4 is 5.46 Å². The van der Waals surface area contributed by atoms with Gasteiger partial charge in [0.1, 0.15) is 0 Å². The van der Waals surface area contributed by atoms with Crippen LogP contribution in [0.4, 0.5) is 0 Å². The summed E-state index contributed by atoms with van der Waals surface area (Å²) in [6.07, 6.45) is 3.95.